The molecule has 0 unspecified atom stereocenters. The Balaban J connectivity index is 2.33. The molecule has 0 aliphatic carbocycles. The molecule has 0 saturated heterocycles. The Morgan fingerprint density at radius 3 is 2.78 bits per heavy atom. The molecule has 0 radical (unpaired) electrons. The fourth-order valence-corrected chi connectivity index (χ4v) is 1.56. The number of benzene rings is 1. The van der Waals surface area contributed by atoms with E-state index < -0.39 is 6.10 Å². The quantitative estimate of drug-likeness (QED) is 0.801. The maximum Gasteiger partial charge on any atom is 0.119 e. The minimum Gasteiger partial charge on any atom is -0.491 e. The summed E-state index contributed by atoms with van der Waals surface area (Å²) in [4.78, 5) is 0. The first-order chi connectivity index (χ1) is 8.52. The number of aryl methyl sites for hydroxylation is 1. The summed E-state index contributed by atoms with van der Waals surface area (Å²) in [5.41, 5.74) is 0.974. The minimum atomic E-state index is -0.505. The number of ether oxygens (including phenoxy) is 1. The zero-order chi connectivity index (χ0) is 13.5. The minimum absolute atomic E-state index is 0.282. The smallest absolute Gasteiger partial charge is 0.119 e. The van der Waals surface area contributed by atoms with Crippen molar-refractivity contribution in [2.75, 3.05) is 13.2 Å². The predicted molar refractivity (Wildman–Crippen MR) is 75.4 cm³/mol. The van der Waals surface area contributed by atoms with Crippen LogP contribution in [0, 0.1) is 6.92 Å². The second-order valence-corrected chi connectivity index (χ2v) is 5.00. The Bertz CT molecular complexity index is 371. The van der Waals surface area contributed by atoms with Gasteiger partial charge < -0.3 is 15.2 Å². The molecule has 0 aromatic heterocycles. The number of nitrogens with one attached hydrogen (secondary N) is 1. The molecule has 0 saturated carbocycles. The molecule has 0 bridgehead atoms. The Kier molecular flexibility index (Phi) is 6.47. The highest BCUT2D eigenvalue weighted by Gasteiger charge is 2.07. The first-order valence-corrected chi connectivity index (χ1v) is 6.71. The topological polar surface area (TPSA) is 41.5 Å². The molecular weight excluding hydrogens is 250 g/mol. The van der Waals surface area contributed by atoms with Crippen LogP contribution in [0.3, 0.4) is 0 Å². The molecule has 2 N–H and O–H groups in total. The Morgan fingerprint density at radius 2 is 2.17 bits per heavy atom. The molecule has 2 atom stereocenters. The van der Waals surface area contributed by atoms with Gasteiger partial charge in [0.25, 0.3) is 0 Å². The van der Waals surface area contributed by atoms with Gasteiger partial charge in [-0.15, -0.1) is 0 Å². The largest absolute Gasteiger partial charge is 0.491 e. The van der Waals surface area contributed by atoms with Crippen molar-refractivity contribution in [3.05, 3.63) is 28.8 Å². The van der Waals surface area contributed by atoms with Crippen molar-refractivity contribution in [1.29, 1.82) is 0 Å². The van der Waals surface area contributed by atoms with Gasteiger partial charge in [0.1, 0.15) is 18.5 Å². The van der Waals surface area contributed by atoms with Crippen LogP contribution in [-0.4, -0.2) is 30.4 Å². The van der Waals surface area contributed by atoms with E-state index in [1.54, 1.807) is 6.07 Å². The van der Waals surface area contributed by atoms with E-state index in [0.717, 1.165) is 22.8 Å². The average molecular weight is 272 g/mol. The highest BCUT2D eigenvalue weighted by molar-refractivity contribution is 6.31. The van der Waals surface area contributed by atoms with E-state index in [0.29, 0.717) is 12.6 Å². The lowest BCUT2D eigenvalue weighted by Crippen LogP contribution is -2.36. The van der Waals surface area contributed by atoms with Gasteiger partial charge >= 0.3 is 0 Å². The number of hydrogen-bond acceptors (Lipinski definition) is 3. The normalized spacial score (nSPS) is 14.3. The van der Waals surface area contributed by atoms with E-state index >= 15 is 0 Å². The lowest BCUT2D eigenvalue weighted by molar-refractivity contribution is 0.104. The summed E-state index contributed by atoms with van der Waals surface area (Å²) in [5.74, 6) is 0.736. The summed E-state index contributed by atoms with van der Waals surface area (Å²) < 4.78 is 5.52. The molecular formula is C14H22ClNO2. The number of halogens is 1. The van der Waals surface area contributed by atoms with E-state index in [-0.39, 0.29) is 6.61 Å². The number of aliphatic hydroxyl groups excluding tert-OH is 1. The number of rotatable bonds is 7. The summed E-state index contributed by atoms with van der Waals surface area (Å²) >= 11 is 5.93. The summed E-state index contributed by atoms with van der Waals surface area (Å²) in [7, 11) is 0. The van der Waals surface area contributed by atoms with Crippen molar-refractivity contribution < 1.29 is 9.84 Å². The third-order valence-corrected chi connectivity index (χ3v) is 3.31. The van der Waals surface area contributed by atoms with Gasteiger partial charge in [0.05, 0.1) is 0 Å². The molecule has 3 nitrogen and oxygen atoms in total. The van der Waals surface area contributed by atoms with E-state index in [1.165, 1.54) is 0 Å². The maximum atomic E-state index is 9.77. The van der Waals surface area contributed by atoms with Crippen LogP contribution in [0.15, 0.2) is 18.2 Å². The van der Waals surface area contributed by atoms with E-state index in [1.807, 2.05) is 19.1 Å². The van der Waals surface area contributed by atoms with E-state index in [9.17, 15) is 5.11 Å². The molecule has 0 heterocycles. The van der Waals surface area contributed by atoms with Gasteiger partial charge in [-0.2, -0.15) is 0 Å². The van der Waals surface area contributed by atoms with Crippen molar-refractivity contribution >= 4 is 11.6 Å². The van der Waals surface area contributed by atoms with Gasteiger partial charge in [-0.1, -0.05) is 18.5 Å². The fraction of sp³-hybridized carbons (Fsp3) is 0.571. The number of hydrogen-bond donors (Lipinski definition) is 2. The molecule has 1 aromatic rings. The third kappa shape index (κ3) is 5.25. The van der Waals surface area contributed by atoms with Gasteiger partial charge in [0.15, 0.2) is 0 Å². The Labute approximate surface area is 114 Å². The molecule has 0 aliphatic rings. The molecule has 1 rings (SSSR count). The first-order valence-electron chi connectivity index (χ1n) is 6.33. The summed E-state index contributed by atoms with van der Waals surface area (Å²) in [6.45, 7) is 6.95. The van der Waals surface area contributed by atoms with Gasteiger partial charge in [-0.3, -0.25) is 0 Å². The van der Waals surface area contributed by atoms with Crippen LogP contribution in [0.1, 0.15) is 25.8 Å². The van der Waals surface area contributed by atoms with Gasteiger partial charge in [0.2, 0.25) is 0 Å². The highest BCUT2D eigenvalue weighted by Crippen LogP contribution is 2.20. The third-order valence-electron chi connectivity index (χ3n) is 2.89. The second kappa shape index (κ2) is 7.62. The lowest BCUT2D eigenvalue weighted by atomic mass is 10.2. The van der Waals surface area contributed by atoms with Gasteiger partial charge in [-0.05, 0) is 44.0 Å². The van der Waals surface area contributed by atoms with Crippen LogP contribution < -0.4 is 10.1 Å². The summed E-state index contributed by atoms with van der Waals surface area (Å²) in [6, 6.07) is 5.90. The Hall–Kier alpha value is -0.770. The molecule has 0 spiro atoms. The van der Waals surface area contributed by atoms with Crippen LogP contribution in [0.4, 0.5) is 0 Å². The molecule has 0 fully saturated rings. The summed E-state index contributed by atoms with van der Waals surface area (Å²) in [5, 5.41) is 13.7. The standard InChI is InChI=1S/C14H22ClNO2/c1-4-11(3)16-8-12(17)9-18-13-5-6-14(15)10(2)7-13/h5-7,11-12,16-17H,4,8-9H2,1-3H3/t11-,12+/m1/s1. The van der Waals surface area contributed by atoms with Gasteiger partial charge in [-0.25, -0.2) is 0 Å². The van der Waals surface area contributed by atoms with Crippen molar-refractivity contribution in [1.82, 2.24) is 5.32 Å². The SMILES string of the molecule is CC[C@@H](C)NC[C@H](O)COc1ccc(Cl)c(C)c1. The molecule has 18 heavy (non-hydrogen) atoms. The molecule has 0 amide bonds. The second-order valence-electron chi connectivity index (χ2n) is 4.59. The Morgan fingerprint density at radius 1 is 1.44 bits per heavy atom. The zero-order valence-electron chi connectivity index (χ0n) is 11.2. The van der Waals surface area contributed by atoms with Crippen LogP contribution >= 0.6 is 11.6 Å². The number of aliphatic hydroxyl groups is 1. The van der Waals surface area contributed by atoms with Crippen LogP contribution in [-0.2, 0) is 0 Å². The van der Waals surface area contributed by atoms with Crippen LogP contribution in [0.5, 0.6) is 5.75 Å². The fourth-order valence-electron chi connectivity index (χ4n) is 1.44. The maximum absolute atomic E-state index is 9.77. The monoisotopic (exact) mass is 271 g/mol. The van der Waals surface area contributed by atoms with Crippen molar-refractivity contribution in [3.8, 4) is 5.75 Å². The molecule has 1 aromatic carbocycles. The molecule has 4 heteroatoms. The van der Waals surface area contributed by atoms with Gasteiger partial charge in [0, 0.05) is 17.6 Å². The lowest BCUT2D eigenvalue weighted by Gasteiger charge is -2.16. The highest BCUT2D eigenvalue weighted by atomic mass is 35.5. The first kappa shape index (κ1) is 15.3. The zero-order valence-corrected chi connectivity index (χ0v) is 12.0. The molecule has 102 valence electrons. The summed E-state index contributed by atoms with van der Waals surface area (Å²) in [6.07, 6.45) is 0.541. The van der Waals surface area contributed by atoms with Crippen LogP contribution in [0.2, 0.25) is 5.02 Å². The van der Waals surface area contributed by atoms with Crippen molar-refractivity contribution in [2.24, 2.45) is 0 Å². The van der Waals surface area contributed by atoms with E-state index in [4.69, 9.17) is 16.3 Å². The average Bonchev–Trinajstić information content (AvgIpc) is 2.37. The predicted octanol–water partition coefficient (Wildman–Crippen LogP) is 2.78. The van der Waals surface area contributed by atoms with Crippen LogP contribution in [0.25, 0.3) is 0 Å². The molecule has 0 aliphatic heterocycles. The van der Waals surface area contributed by atoms with E-state index in [2.05, 4.69) is 19.2 Å². The van der Waals surface area contributed by atoms with Crippen molar-refractivity contribution in [3.63, 3.8) is 0 Å². The van der Waals surface area contributed by atoms with Crippen molar-refractivity contribution in [2.45, 2.75) is 39.3 Å².